The first-order valence-corrected chi connectivity index (χ1v) is 8.82. The molecule has 0 aliphatic rings. The van der Waals surface area contributed by atoms with Crippen LogP contribution >= 0.6 is 11.3 Å². The Morgan fingerprint density at radius 3 is 2.48 bits per heavy atom. The predicted molar refractivity (Wildman–Crippen MR) is 100 cm³/mol. The summed E-state index contributed by atoms with van der Waals surface area (Å²) in [7, 11) is 0. The molecule has 128 valence electrons. The van der Waals surface area contributed by atoms with Crippen LogP contribution in [0.5, 0.6) is 5.75 Å². The molecule has 0 saturated carbocycles. The molecule has 0 saturated heterocycles. The van der Waals surface area contributed by atoms with Gasteiger partial charge in [-0.15, -0.1) is 10.2 Å². The van der Waals surface area contributed by atoms with Crippen molar-refractivity contribution in [2.24, 2.45) is 0 Å². The molecule has 1 heterocycles. The molecule has 0 aliphatic heterocycles. The summed E-state index contributed by atoms with van der Waals surface area (Å²) in [4.78, 5) is 12.3. The summed E-state index contributed by atoms with van der Waals surface area (Å²) in [6.07, 6.45) is 0.0981. The molecule has 0 atom stereocenters. The van der Waals surface area contributed by atoms with Gasteiger partial charge < -0.3 is 4.74 Å². The average molecular weight is 353 g/mol. The number of anilines is 1. The van der Waals surface area contributed by atoms with Gasteiger partial charge in [-0.3, -0.25) is 10.1 Å². The van der Waals surface area contributed by atoms with E-state index in [0.717, 1.165) is 21.9 Å². The van der Waals surface area contributed by atoms with Crippen LogP contribution in [0.1, 0.15) is 29.8 Å². The van der Waals surface area contributed by atoms with Crippen LogP contribution in [0.4, 0.5) is 5.13 Å². The molecular weight excluding hydrogens is 334 g/mol. The summed E-state index contributed by atoms with van der Waals surface area (Å²) in [6, 6.07) is 15.0. The highest BCUT2D eigenvalue weighted by molar-refractivity contribution is 7.18. The average Bonchev–Trinajstić information content (AvgIpc) is 3.03. The molecule has 2 aromatic carbocycles. The van der Waals surface area contributed by atoms with Gasteiger partial charge in [0.2, 0.25) is 5.13 Å². The van der Waals surface area contributed by atoms with Crippen molar-refractivity contribution in [1.82, 2.24) is 10.2 Å². The van der Waals surface area contributed by atoms with E-state index in [4.69, 9.17) is 4.74 Å². The number of carbonyl (C=O) groups excluding carboxylic acids is 1. The number of ether oxygens (including phenoxy) is 1. The van der Waals surface area contributed by atoms with E-state index >= 15 is 0 Å². The Hall–Kier alpha value is -2.73. The van der Waals surface area contributed by atoms with Gasteiger partial charge in [0.05, 0.1) is 6.10 Å². The third-order valence-electron chi connectivity index (χ3n) is 3.51. The number of nitrogens with one attached hydrogen (secondary N) is 1. The summed E-state index contributed by atoms with van der Waals surface area (Å²) in [5.41, 5.74) is 2.69. The number of aromatic nitrogens is 2. The second kappa shape index (κ2) is 7.44. The minimum atomic E-state index is -0.219. The molecule has 25 heavy (non-hydrogen) atoms. The summed E-state index contributed by atoms with van der Waals surface area (Å²) >= 11 is 1.36. The molecule has 0 aliphatic carbocycles. The Balaban J connectivity index is 1.70. The SMILES string of the molecule is Cc1ccccc1-c1nnc(NC(=O)c2ccc(OC(C)C)cc2)s1. The van der Waals surface area contributed by atoms with Gasteiger partial charge in [-0.2, -0.15) is 0 Å². The highest BCUT2D eigenvalue weighted by Crippen LogP contribution is 2.28. The molecular formula is C19H19N3O2S. The molecule has 0 unspecified atom stereocenters. The van der Waals surface area contributed by atoms with Crippen molar-refractivity contribution >= 4 is 22.4 Å². The number of rotatable bonds is 5. The van der Waals surface area contributed by atoms with Gasteiger partial charge in [-0.25, -0.2) is 0 Å². The first kappa shape index (κ1) is 17.1. The van der Waals surface area contributed by atoms with Crippen molar-refractivity contribution in [3.05, 3.63) is 59.7 Å². The van der Waals surface area contributed by atoms with E-state index in [1.54, 1.807) is 24.3 Å². The number of benzene rings is 2. The van der Waals surface area contributed by atoms with Gasteiger partial charge >= 0.3 is 0 Å². The normalized spacial score (nSPS) is 10.7. The Morgan fingerprint density at radius 2 is 1.80 bits per heavy atom. The highest BCUT2D eigenvalue weighted by Gasteiger charge is 2.12. The monoisotopic (exact) mass is 353 g/mol. The second-order valence-corrected chi connectivity index (χ2v) is 6.85. The van der Waals surface area contributed by atoms with Crippen LogP contribution < -0.4 is 10.1 Å². The number of nitrogens with zero attached hydrogens (tertiary/aromatic N) is 2. The molecule has 0 spiro atoms. The molecule has 1 N–H and O–H groups in total. The van der Waals surface area contributed by atoms with Crippen molar-refractivity contribution in [2.45, 2.75) is 26.9 Å². The lowest BCUT2D eigenvalue weighted by atomic mass is 10.1. The van der Waals surface area contributed by atoms with Crippen LogP contribution in [0.2, 0.25) is 0 Å². The number of amides is 1. The number of carbonyl (C=O) groups is 1. The van der Waals surface area contributed by atoms with Gasteiger partial charge in [0.25, 0.3) is 5.91 Å². The van der Waals surface area contributed by atoms with Crippen molar-refractivity contribution in [2.75, 3.05) is 5.32 Å². The minimum Gasteiger partial charge on any atom is -0.491 e. The third kappa shape index (κ3) is 4.22. The summed E-state index contributed by atoms with van der Waals surface area (Å²) in [5.74, 6) is 0.521. The van der Waals surface area contributed by atoms with Crippen LogP contribution in [0.15, 0.2) is 48.5 Å². The first-order valence-electron chi connectivity index (χ1n) is 8.00. The lowest BCUT2D eigenvalue weighted by Gasteiger charge is -2.09. The van der Waals surface area contributed by atoms with E-state index in [9.17, 15) is 4.79 Å². The van der Waals surface area contributed by atoms with Gasteiger partial charge in [0.15, 0.2) is 0 Å². The zero-order valence-corrected chi connectivity index (χ0v) is 15.1. The zero-order chi connectivity index (χ0) is 17.8. The Bertz CT molecular complexity index is 872. The van der Waals surface area contributed by atoms with Gasteiger partial charge in [-0.1, -0.05) is 35.6 Å². The van der Waals surface area contributed by atoms with Gasteiger partial charge in [-0.05, 0) is 50.6 Å². The smallest absolute Gasteiger partial charge is 0.257 e. The number of hydrogen-bond acceptors (Lipinski definition) is 5. The van der Waals surface area contributed by atoms with Crippen LogP contribution in [0, 0.1) is 6.92 Å². The number of aryl methyl sites for hydroxylation is 1. The Morgan fingerprint density at radius 1 is 1.08 bits per heavy atom. The van der Waals surface area contributed by atoms with Crippen molar-refractivity contribution in [3.8, 4) is 16.3 Å². The van der Waals surface area contributed by atoms with E-state index in [0.29, 0.717) is 10.7 Å². The maximum Gasteiger partial charge on any atom is 0.257 e. The Labute approximate surface area is 150 Å². The van der Waals surface area contributed by atoms with Crippen molar-refractivity contribution in [1.29, 1.82) is 0 Å². The van der Waals surface area contributed by atoms with Gasteiger partial charge in [0.1, 0.15) is 10.8 Å². The summed E-state index contributed by atoms with van der Waals surface area (Å²) in [5, 5.41) is 12.3. The van der Waals surface area contributed by atoms with E-state index in [2.05, 4.69) is 15.5 Å². The zero-order valence-electron chi connectivity index (χ0n) is 14.3. The van der Waals surface area contributed by atoms with Crippen molar-refractivity contribution in [3.63, 3.8) is 0 Å². The standard InChI is InChI=1S/C19H19N3O2S/c1-12(2)24-15-10-8-14(9-11-15)17(23)20-19-22-21-18(25-19)16-7-5-4-6-13(16)3/h4-12H,1-3H3,(H,20,22,23). The van der Waals surface area contributed by atoms with E-state index in [-0.39, 0.29) is 12.0 Å². The molecule has 3 aromatic rings. The third-order valence-corrected chi connectivity index (χ3v) is 4.38. The summed E-state index contributed by atoms with van der Waals surface area (Å²) in [6.45, 7) is 5.94. The fourth-order valence-corrected chi connectivity index (χ4v) is 3.15. The van der Waals surface area contributed by atoms with E-state index < -0.39 is 0 Å². The maximum absolute atomic E-state index is 12.3. The topological polar surface area (TPSA) is 64.1 Å². The largest absolute Gasteiger partial charge is 0.491 e. The van der Waals surface area contributed by atoms with Crippen molar-refractivity contribution < 1.29 is 9.53 Å². The first-order chi connectivity index (χ1) is 12.0. The quantitative estimate of drug-likeness (QED) is 0.731. The minimum absolute atomic E-state index is 0.0981. The Kier molecular flexibility index (Phi) is 5.09. The molecule has 0 bridgehead atoms. The van der Waals surface area contributed by atoms with Crippen LogP contribution in [-0.4, -0.2) is 22.2 Å². The molecule has 3 rings (SSSR count). The van der Waals surface area contributed by atoms with Gasteiger partial charge in [0, 0.05) is 11.1 Å². The fourth-order valence-electron chi connectivity index (χ4n) is 2.32. The van der Waals surface area contributed by atoms with Crippen LogP contribution in [0.3, 0.4) is 0 Å². The molecule has 6 heteroatoms. The maximum atomic E-state index is 12.3. The second-order valence-electron chi connectivity index (χ2n) is 5.87. The van der Waals surface area contributed by atoms with Crippen LogP contribution in [-0.2, 0) is 0 Å². The van der Waals surface area contributed by atoms with E-state index in [1.807, 2.05) is 45.0 Å². The van der Waals surface area contributed by atoms with E-state index in [1.165, 1.54) is 11.3 Å². The molecule has 0 radical (unpaired) electrons. The lowest BCUT2D eigenvalue weighted by Crippen LogP contribution is -2.12. The molecule has 0 fully saturated rings. The lowest BCUT2D eigenvalue weighted by molar-refractivity contribution is 0.102. The fraction of sp³-hybridized carbons (Fsp3) is 0.211. The number of hydrogen-bond donors (Lipinski definition) is 1. The molecule has 5 nitrogen and oxygen atoms in total. The summed E-state index contributed by atoms with van der Waals surface area (Å²) < 4.78 is 5.58. The molecule has 1 amide bonds. The highest BCUT2D eigenvalue weighted by atomic mass is 32.1. The predicted octanol–water partition coefficient (Wildman–Crippen LogP) is 4.55. The molecule has 1 aromatic heterocycles. The van der Waals surface area contributed by atoms with Crippen LogP contribution in [0.25, 0.3) is 10.6 Å².